The lowest BCUT2D eigenvalue weighted by atomic mass is 10.1. The Hall–Kier alpha value is -3.60. The maximum atomic E-state index is 12.7. The summed E-state index contributed by atoms with van der Waals surface area (Å²) in [6.45, 7) is 8.17. The molecule has 168 valence electrons. The minimum Gasteiger partial charge on any atom is -0.339 e. The molecule has 11 heteroatoms. The number of nitro groups is 1. The fourth-order valence-corrected chi connectivity index (χ4v) is 3.82. The average molecular weight is 439 g/mol. The van der Waals surface area contributed by atoms with E-state index in [2.05, 4.69) is 20.1 Å². The standard InChI is InChI=1S/C21H25N7O4/c1-14-4-6-17(7-5-14)21-22-18(32-24-21)12-25-8-10-26(11-9-25)19(29)13-27-16(3)20(28(30)31)15(2)23-27/h4-7H,8-13H2,1-3H3. The van der Waals surface area contributed by atoms with Crippen molar-refractivity contribution in [1.29, 1.82) is 0 Å². The Morgan fingerprint density at radius 3 is 2.44 bits per heavy atom. The van der Waals surface area contributed by atoms with Crippen LogP contribution in [0.4, 0.5) is 5.69 Å². The zero-order chi connectivity index (χ0) is 22.8. The first-order chi connectivity index (χ1) is 15.3. The van der Waals surface area contributed by atoms with Gasteiger partial charge in [0, 0.05) is 31.7 Å². The molecule has 3 heterocycles. The number of amides is 1. The van der Waals surface area contributed by atoms with Crippen LogP contribution in [0.15, 0.2) is 28.8 Å². The molecule has 0 radical (unpaired) electrons. The molecule has 1 amide bonds. The summed E-state index contributed by atoms with van der Waals surface area (Å²) in [5, 5.41) is 19.4. The van der Waals surface area contributed by atoms with Crippen LogP contribution in [0.25, 0.3) is 11.4 Å². The number of aromatic nitrogens is 4. The van der Waals surface area contributed by atoms with Crippen LogP contribution >= 0.6 is 0 Å². The van der Waals surface area contributed by atoms with Crippen molar-refractivity contribution in [3.8, 4) is 11.4 Å². The van der Waals surface area contributed by atoms with Gasteiger partial charge in [0.05, 0.1) is 11.5 Å². The fourth-order valence-electron chi connectivity index (χ4n) is 3.82. The first-order valence-corrected chi connectivity index (χ1v) is 10.4. The minimum atomic E-state index is -0.459. The van der Waals surface area contributed by atoms with E-state index in [1.54, 1.807) is 18.7 Å². The highest BCUT2D eigenvalue weighted by molar-refractivity contribution is 5.76. The number of carbonyl (C=O) groups excluding carboxylic acids is 1. The maximum absolute atomic E-state index is 12.7. The molecule has 1 aliphatic rings. The largest absolute Gasteiger partial charge is 0.339 e. The Bertz CT molecular complexity index is 1130. The van der Waals surface area contributed by atoms with Crippen molar-refractivity contribution in [2.45, 2.75) is 33.9 Å². The van der Waals surface area contributed by atoms with Crippen molar-refractivity contribution in [2.24, 2.45) is 0 Å². The SMILES string of the molecule is Cc1ccc(-c2noc(CN3CCN(C(=O)Cn4nc(C)c([N+](=O)[O-])c4C)CC3)n2)cc1. The molecule has 11 nitrogen and oxygen atoms in total. The highest BCUT2D eigenvalue weighted by Crippen LogP contribution is 2.22. The quantitative estimate of drug-likeness (QED) is 0.423. The molecule has 1 saturated heterocycles. The smallest absolute Gasteiger partial charge is 0.312 e. The second kappa shape index (κ2) is 8.87. The zero-order valence-corrected chi connectivity index (χ0v) is 18.3. The van der Waals surface area contributed by atoms with E-state index in [1.165, 1.54) is 10.2 Å². The van der Waals surface area contributed by atoms with Crippen LogP contribution in [0.5, 0.6) is 0 Å². The summed E-state index contributed by atoms with van der Waals surface area (Å²) in [6.07, 6.45) is 0. The van der Waals surface area contributed by atoms with Gasteiger partial charge in [-0.1, -0.05) is 35.0 Å². The van der Waals surface area contributed by atoms with E-state index in [1.807, 2.05) is 31.2 Å². The number of aryl methyl sites for hydroxylation is 2. The number of benzene rings is 1. The third kappa shape index (κ3) is 4.52. The lowest BCUT2D eigenvalue weighted by molar-refractivity contribution is -0.386. The van der Waals surface area contributed by atoms with E-state index in [-0.39, 0.29) is 18.1 Å². The normalized spacial score (nSPS) is 14.7. The minimum absolute atomic E-state index is 0.00984. The van der Waals surface area contributed by atoms with Crippen molar-refractivity contribution in [1.82, 2.24) is 29.7 Å². The monoisotopic (exact) mass is 439 g/mol. The molecule has 4 rings (SSSR count). The zero-order valence-electron chi connectivity index (χ0n) is 18.3. The molecular formula is C21H25N7O4. The van der Waals surface area contributed by atoms with E-state index in [0.717, 1.165) is 5.56 Å². The first-order valence-electron chi connectivity index (χ1n) is 10.4. The van der Waals surface area contributed by atoms with E-state index in [4.69, 9.17) is 4.52 Å². The summed E-state index contributed by atoms with van der Waals surface area (Å²) in [4.78, 5) is 31.8. The Balaban J connectivity index is 1.31. The summed E-state index contributed by atoms with van der Waals surface area (Å²) >= 11 is 0. The third-order valence-electron chi connectivity index (χ3n) is 5.67. The van der Waals surface area contributed by atoms with E-state index in [9.17, 15) is 14.9 Å². The fraction of sp³-hybridized carbons (Fsp3) is 0.429. The number of carbonyl (C=O) groups is 1. The molecule has 32 heavy (non-hydrogen) atoms. The van der Waals surface area contributed by atoms with Crippen LogP contribution in [0.3, 0.4) is 0 Å². The average Bonchev–Trinajstić information content (AvgIpc) is 3.33. The lowest BCUT2D eigenvalue weighted by Crippen LogP contribution is -2.49. The molecular weight excluding hydrogens is 414 g/mol. The molecule has 0 saturated carbocycles. The highest BCUT2D eigenvalue weighted by atomic mass is 16.6. The summed E-state index contributed by atoms with van der Waals surface area (Å²) in [7, 11) is 0. The van der Waals surface area contributed by atoms with E-state index in [0.29, 0.717) is 55.8 Å². The summed E-state index contributed by atoms with van der Waals surface area (Å²) < 4.78 is 6.81. The van der Waals surface area contributed by atoms with Crippen LogP contribution in [0.1, 0.15) is 22.8 Å². The number of nitrogens with zero attached hydrogens (tertiary/aromatic N) is 7. The van der Waals surface area contributed by atoms with E-state index >= 15 is 0 Å². The van der Waals surface area contributed by atoms with Crippen LogP contribution in [-0.4, -0.2) is 66.7 Å². The summed E-state index contributed by atoms with van der Waals surface area (Å²) in [6, 6.07) is 7.94. The van der Waals surface area contributed by atoms with Crippen LogP contribution in [-0.2, 0) is 17.9 Å². The van der Waals surface area contributed by atoms with Crippen molar-refractivity contribution >= 4 is 11.6 Å². The molecule has 0 bridgehead atoms. The summed E-state index contributed by atoms with van der Waals surface area (Å²) in [5.74, 6) is 0.993. The van der Waals surface area contributed by atoms with Crippen molar-refractivity contribution < 1.29 is 14.2 Å². The number of hydrogen-bond acceptors (Lipinski definition) is 8. The number of rotatable bonds is 6. The molecule has 0 aliphatic carbocycles. The second-order valence-corrected chi connectivity index (χ2v) is 7.97. The van der Waals surface area contributed by atoms with Crippen LogP contribution in [0.2, 0.25) is 0 Å². The van der Waals surface area contributed by atoms with Crippen molar-refractivity contribution in [3.05, 3.63) is 57.2 Å². The molecule has 2 aromatic heterocycles. The topological polar surface area (TPSA) is 123 Å². The molecule has 0 N–H and O–H groups in total. The molecule has 0 atom stereocenters. The van der Waals surface area contributed by atoms with Gasteiger partial charge in [0.25, 0.3) is 0 Å². The Labute approximate surface area is 184 Å². The van der Waals surface area contributed by atoms with Gasteiger partial charge in [-0.2, -0.15) is 10.1 Å². The van der Waals surface area contributed by atoms with Crippen molar-refractivity contribution in [3.63, 3.8) is 0 Å². The first kappa shape index (κ1) is 21.6. The number of piperazine rings is 1. The van der Waals surface area contributed by atoms with Gasteiger partial charge in [0.1, 0.15) is 17.9 Å². The van der Waals surface area contributed by atoms with Gasteiger partial charge in [0.15, 0.2) is 0 Å². The van der Waals surface area contributed by atoms with E-state index < -0.39 is 4.92 Å². The predicted octanol–water partition coefficient (Wildman–Crippen LogP) is 2.11. The van der Waals surface area contributed by atoms with Crippen LogP contribution < -0.4 is 0 Å². The lowest BCUT2D eigenvalue weighted by Gasteiger charge is -2.34. The van der Waals surface area contributed by atoms with Gasteiger partial charge in [-0.3, -0.25) is 24.5 Å². The van der Waals surface area contributed by atoms with Crippen molar-refractivity contribution in [2.75, 3.05) is 26.2 Å². The predicted molar refractivity (Wildman–Crippen MR) is 115 cm³/mol. The van der Waals surface area contributed by atoms with Gasteiger partial charge in [-0.15, -0.1) is 0 Å². The van der Waals surface area contributed by atoms with Gasteiger partial charge >= 0.3 is 5.69 Å². The molecule has 1 aromatic carbocycles. The Morgan fingerprint density at radius 2 is 1.81 bits per heavy atom. The third-order valence-corrected chi connectivity index (χ3v) is 5.67. The van der Waals surface area contributed by atoms with Gasteiger partial charge in [-0.25, -0.2) is 0 Å². The summed E-state index contributed by atoms with van der Waals surface area (Å²) in [5.41, 5.74) is 2.74. The molecule has 0 unspecified atom stereocenters. The molecule has 3 aromatic rings. The molecule has 1 fully saturated rings. The Morgan fingerprint density at radius 1 is 1.12 bits per heavy atom. The highest BCUT2D eigenvalue weighted by Gasteiger charge is 2.26. The Kier molecular flexibility index (Phi) is 5.99. The second-order valence-electron chi connectivity index (χ2n) is 7.97. The number of hydrogen-bond donors (Lipinski definition) is 0. The molecule has 1 aliphatic heterocycles. The van der Waals surface area contributed by atoms with Gasteiger partial charge < -0.3 is 9.42 Å². The van der Waals surface area contributed by atoms with Gasteiger partial charge in [0.2, 0.25) is 17.6 Å². The maximum Gasteiger partial charge on any atom is 0.312 e. The van der Waals surface area contributed by atoms with Crippen LogP contribution in [0, 0.1) is 30.9 Å². The van der Waals surface area contributed by atoms with Gasteiger partial charge in [-0.05, 0) is 20.8 Å². The molecule has 0 spiro atoms.